The summed E-state index contributed by atoms with van der Waals surface area (Å²) < 4.78 is 0. The first-order valence-electron chi connectivity index (χ1n) is 4.80. The van der Waals surface area contributed by atoms with Crippen molar-refractivity contribution in [3.63, 3.8) is 0 Å². The number of carbonyl (C=O) groups is 1. The average molecular weight is 179 g/mol. The highest BCUT2D eigenvalue weighted by atomic mass is 16.1. The second kappa shape index (κ2) is 3.14. The molecule has 0 aromatic heterocycles. The highest BCUT2D eigenvalue weighted by Crippen LogP contribution is 2.42. The molecule has 1 aliphatic carbocycles. The number of rotatable bonds is 0. The molecule has 1 rings (SSSR count). The third kappa shape index (κ3) is 2.55. The maximum Gasteiger partial charge on any atom is 0.133 e. The van der Waals surface area contributed by atoms with Gasteiger partial charge in [-0.05, 0) is 25.2 Å². The van der Waals surface area contributed by atoms with Gasteiger partial charge in [-0.15, -0.1) is 0 Å². The van der Waals surface area contributed by atoms with Crippen LogP contribution in [0, 0.1) is 22.2 Å². The third-order valence-electron chi connectivity index (χ3n) is 2.77. The van der Waals surface area contributed by atoms with E-state index >= 15 is 0 Å². The minimum absolute atomic E-state index is 0.00192. The van der Waals surface area contributed by atoms with Crippen molar-refractivity contribution in [3.8, 4) is 6.07 Å². The molecule has 0 aromatic rings. The van der Waals surface area contributed by atoms with Crippen molar-refractivity contribution in [2.45, 2.75) is 46.5 Å². The van der Waals surface area contributed by atoms with Crippen LogP contribution < -0.4 is 0 Å². The second-order valence-electron chi connectivity index (χ2n) is 5.23. The van der Waals surface area contributed by atoms with E-state index in [-0.39, 0.29) is 10.8 Å². The van der Waals surface area contributed by atoms with Gasteiger partial charge in [-0.1, -0.05) is 13.8 Å². The van der Waals surface area contributed by atoms with Crippen LogP contribution in [0.15, 0.2) is 0 Å². The number of nitrogens with zero attached hydrogens (tertiary/aromatic N) is 1. The lowest BCUT2D eigenvalue weighted by atomic mass is 9.74. The van der Waals surface area contributed by atoms with Crippen molar-refractivity contribution in [1.82, 2.24) is 0 Å². The number of nitriles is 1. The molecule has 2 nitrogen and oxygen atoms in total. The second-order valence-corrected chi connectivity index (χ2v) is 5.23. The van der Waals surface area contributed by atoms with Gasteiger partial charge in [-0.25, -0.2) is 0 Å². The van der Waals surface area contributed by atoms with E-state index in [0.29, 0.717) is 18.6 Å². The van der Waals surface area contributed by atoms with E-state index in [4.69, 9.17) is 5.26 Å². The lowest BCUT2D eigenvalue weighted by Crippen LogP contribution is -2.22. The van der Waals surface area contributed by atoms with Crippen LogP contribution in [-0.2, 0) is 4.79 Å². The Morgan fingerprint density at radius 2 is 2.00 bits per heavy atom. The van der Waals surface area contributed by atoms with E-state index in [1.54, 1.807) is 0 Å². The lowest BCUT2D eigenvalue weighted by molar-refractivity contribution is -0.120. The summed E-state index contributed by atoms with van der Waals surface area (Å²) in [5.74, 6) is 0.309. The van der Waals surface area contributed by atoms with Crippen molar-refractivity contribution < 1.29 is 4.79 Å². The summed E-state index contributed by atoms with van der Waals surface area (Å²) in [7, 11) is 0. The summed E-state index contributed by atoms with van der Waals surface area (Å²) in [5.41, 5.74) is -0.298. The van der Waals surface area contributed by atoms with Crippen molar-refractivity contribution in [2.24, 2.45) is 10.8 Å². The Balaban J connectivity index is 2.87. The first-order chi connectivity index (χ1) is 5.87. The topological polar surface area (TPSA) is 40.9 Å². The number of hydrogen-bond acceptors (Lipinski definition) is 2. The number of ketones is 1. The first kappa shape index (κ1) is 10.2. The molecule has 72 valence electrons. The highest BCUT2D eigenvalue weighted by molar-refractivity contribution is 5.79. The van der Waals surface area contributed by atoms with Crippen LogP contribution in [0.5, 0.6) is 0 Å². The van der Waals surface area contributed by atoms with Gasteiger partial charge >= 0.3 is 0 Å². The fourth-order valence-corrected chi connectivity index (χ4v) is 2.34. The molecule has 0 N–H and O–H groups in total. The van der Waals surface area contributed by atoms with Gasteiger partial charge in [-0.3, -0.25) is 4.79 Å². The largest absolute Gasteiger partial charge is 0.300 e. The predicted molar refractivity (Wildman–Crippen MR) is 51.0 cm³/mol. The molecule has 1 atom stereocenters. The summed E-state index contributed by atoms with van der Waals surface area (Å²) in [6.07, 6.45) is 2.77. The van der Waals surface area contributed by atoms with E-state index in [1.165, 1.54) is 0 Å². The van der Waals surface area contributed by atoms with Gasteiger partial charge in [0.15, 0.2) is 0 Å². The van der Waals surface area contributed by atoms with Crippen molar-refractivity contribution >= 4 is 5.78 Å². The molecule has 0 radical (unpaired) electrons. The zero-order chi connectivity index (χ0) is 10.1. The zero-order valence-corrected chi connectivity index (χ0v) is 8.68. The Bertz CT molecular complexity index is 262. The van der Waals surface area contributed by atoms with Crippen LogP contribution in [-0.4, -0.2) is 5.78 Å². The molecule has 0 aromatic carbocycles. The van der Waals surface area contributed by atoms with Crippen molar-refractivity contribution in [3.05, 3.63) is 0 Å². The van der Waals surface area contributed by atoms with Gasteiger partial charge in [0.2, 0.25) is 0 Å². The van der Waals surface area contributed by atoms with Crippen LogP contribution in [0.2, 0.25) is 0 Å². The minimum Gasteiger partial charge on any atom is -0.300 e. The zero-order valence-electron chi connectivity index (χ0n) is 8.68. The van der Waals surface area contributed by atoms with Crippen LogP contribution in [0.4, 0.5) is 0 Å². The Hall–Kier alpha value is -0.840. The van der Waals surface area contributed by atoms with E-state index in [0.717, 1.165) is 12.8 Å². The van der Waals surface area contributed by atoms with Crippen LogP contribution in [0.1, 0.15) is 46.5 Å². The van der Waals surface area contributed by atoms with Gasteiger partial charge < -0.3 is 0 Å². The van der Waals surface area contributed by atoms with Gasteiger partial charge in [0.25, 0.3) is 0 Å². The lowest BCUT2D eigenvalue weighted by Gasteiger charge is -2.28. The summed E-state index contributed by atoms with van der Waals surface area (Å²) in [6.45, 7) is 6.12. The van der Waals surface area contributed by atoms with Gasteiger partial charge in [-0.2, -0.15) is 5.26 Å². The molecule has 1 fully saturated rings. The smallest absolute Gasteiger partial charge is 0.133 e. The van der Waals surface area contributed by atoms with Gasteiger partial charge in [0.1, 0.15) is 5.78 Å². The molecule has 0 bridgehead atoms. The maximum atomic E-state index is 11.4. The molecular formula is C11H17NO. The standard InChI is InChI=1S/C11H17NO/c1-10(2)6-9(13)4-5-11(3,7-10)8-12/h4-7H2,1-3H3. The summed E-state index contributed by atoms with van der Waals surface area (Å²) in [4.78, 5) is 11.4. The predicted octanol–water partition coefficient (Wildman–Crippen LogP) is 2.69. The van der Waals surface area contributed by atoms with E-state index < -0.39 is 0 Å². The average Bonchev–Trinajstić information content (AvgIpc) is 2.08. The maximum absolute atomic E-state index is 11.4. The van der Waals surface area contributed by atoms with E-state index in [1.807, 2.05) is 6.92 Å². The van der Waals surface area contributed by atoms with Crippen molar-refractivity contribution in [1.29, 1.82) is 5.26 Å². The third-order valence-corrected chi connectivity index (χ3v) is 2.77. The van der Waals surface area contributed by atoms with Crippen LogP contribution >= 0.6 is 0 Å². The quantitative estimate of drug-likeness (QED) is 0.536. The summed E-state index contributed by atoms with van der Waals surface area (Å²) in [6, 6.07) is 2.34. The van der Waals surface area contributed by atoms with Gasteiger partial charge in [0, 0.05) is 12.8 Å². The Labute approximate surface area is 79.9 Å². The summed E-state index contributed by atoms with van der Waals surface area (Å²) >= 11 is 0. The SMILES string of the molecule is CC1(C)CC(=O)CCC(C)(C#N)C1. The molecule has 2 heteroatoms. The fraction of sp³-hybridized carbons (Fsp3) is 0.818. The molecule has 1 saturated carbocycles. The molecule has 0 saturated heterocycles. The molecular weight excluding hydrogens is 162 g/mol. The first-order valence-corrected chi connectivity index (χ1v) is 4.80. The Kier molecular flexibility index (Phi) is 2.47. The van der Waals surface area contributed by atoms with Crippen LogP contribution in [0.3, 0.4) is 0 Å². The van der Waals surface area contributed by atoms with E-state index in [2.05, 4.69) is 19.9 Å². The number of Topliss-reactive ketones (excluding diaryl/α,β-unsaturated/α-hetero) is 1. The molecule has 1 aliphatic rings. The number of carbonyl (C=O) groups excluding carboxylic acids is 1. The molecule has 0 aliphatic heterocycles. The van der Waals surface area contributed by atoms with Crippen LogP contribution in [0.25, 0.3) is 0 Å². The normalized spacial score (nSPS) is 33.5. The van der Waals surface area contributed by atoms with Gasteiger partial charge in [0.05, 0.1) is 11.5 Å². The monoisotopic (exact) mass is 179 g/mol. The highest BCUT2D eigenvalue weighted by Gasteiger charge is 2.37. The van der Waals surface area contributed by atoms with Crippen molar-refractivity contribution in [2.75, 3.05) is 0 Å². The number of hydrogen-bond donors (Lipinski definition) is 0. The fourth-order valence-electron chi connectivity index (χ4n) is 2.34. The molecule has 0 spiro atoms. The molecule has 1 unspecified atom stereocenters. The summed E-state index contributed by atoms with van der Waals surface area (Å²) in [5, 5.41) is 9.03. The molecule has 13 heavy (non-hydrogen) atoms. The molecule has 0 heterocycles. The minimum atomic E-state index is -0.296. The Morgan fingerprint density at radius 1 is 1.38 bits per heavy atom. The van der Waals surface area contributed by atoms with E-state index in [9.17, 15) is 4.79 Å². The molecule has 0 amide bonds. The Morgan fingerprint density at radius 3 is 2.54 bits per heavy atom.